The standard InChI is InChI=1S/C13H24O4/c14-7-9-1-2-10(8-15)13(5-9)6-11(16)3-4-12(13)17/h9-12,14-17H,1-8H2. The molecule has 2 aliphatic carbocycles. The molecule has 2 rings (SSSR count). The molecule has 1 spiro atoms. The Morgan fingerprint density at radius 2 is 1.65 bits per heavy atom. The Balaban J connectivity index is 2.21. The summed E-state index contributed by atoms with van der Waals surface area (Å²) >= 11 is 0. The minimum Gasteiger partial charge on any atom is -0.396 e. The quantitative estimate of drug-likeness (QED) is 0.562. The Hall–Kier alpha value is -0.160. The second-order valence-corrected chi connectivity index (χ2v) is 5.89. The summed E-state index contributed by atoms with van der Waals surface area (Å²) in [5.74, 6) is 0.271. The monoisotopic (exact) mass is 244 g/mol. The minimum atomic E-state index is -0.447. The Bertz CT molecular complexity index is 258. The second kappa shape index (κ2) is 5.22. The maximum absolute atomic E-state index is 10.3. The van der Waals surface area contributed by atoms with Gasteiger partial charge < -0.3 is 20.4 Å². The second-order valence-electron chi connectivity index (χ2n) is 5.89. The molecule has 2 fully saturated rings. The summed E-state index contributed by atoms with van der Waals surface area (Å²) in [5, 5.41) is 39.0. The summed E-state index contributed by atoms with van der Waals surface area (Å²) in [6.07, 6.45) is 3.48. The maximum Gasteiger partial charge on any atom is 0.0602 e. The summed E-state index contributed by atoms with van der Waals surface area (Å²) in [4.78, 5) is 0. The fraction of sp³-hybridized carbons (Fsp3) is 1.00. The van der Waals surface area contributed by atoms with E-state index < -0.39 is 6.10 Å². The summed E-state index contributed by atoms with van der Waals surface area (Å²) in [6.45, 7) is 0.213. The molecule has 0 radical (unpaired) electrons. The first-order valence-electron chi connectivity index (χ1n) is 6.70. The zero-order valence-corrected chi connectivity index (χ0v) is 10.3. The Labute approximate surface area is 102 Å². The topological polar surface area (TPSA) is 80.9 Å². The molecule has 0 saturated heterocycles. The molecule has 100 valence electrons. The van der Waals surface area contributed by atoms with Crippen LogP contribution >= 0.6 is 0 Å². The van der Waals surface area contributed by atoms with Gasteiger partial charge in [-0.3, -0.25) is 0 Å². The molecule has 0 amide bonds. The number of hydrogen-bond donors (Lipinski definition) is 4. The third kappa shape index (κ3) is 2.36. The predicted octanol–water partition coefficient (Wildman–Crippen LogP) is 0.279. The highest BCUT2D eigenvalue weighted by Gasteiger charge is 2.51. The van der Waals surface area contributed by atoms with E-state index in [1.165, 1.54) is 0 Å². The van der Waals surface area contributed by atoms with Crippen molar-refractivity contribution in [1.29, 1.82) is 0 Å². The molecule has 17 heavy (non-hydrogen) atoms. The average Bonchev–Trinajstić information content (AvgIpc) is 2.34. The van der Waals surface area contributed by atoms with E-state index in [-0.39, 0.29) is 36.6 Å². The van der Waals surface area contributed by atoms with Crippen LogP contribution < -0.4 is 0 Å². The normalized spacial score (nSPS) is 47.3. The van der Waals surface area contributed by atoms with E-state index in [2.05, 4.69) is 0 Å². The average molecular weight is 244 g/mol. The lowest BCUT2D eigenvalue weighted by molar-refractivity contribution is -0.134. The number of rotatable bonds is 2. The Morgan fingerprint density at radius 3 is 2.29 bits per heavy atom. The van der Waals surface area contributed by atoms with Crippen LogP contribution in [-0.2, 0) is 0 Å². The highest BCUT2D eigenvalue weighted by molar-refractivity contribution is 5.00. The van der Waals surface area contributed by atoms with Crippen LogP contribution in [0.5, 0.6) is 0 Å². The van der Waals surface area contributed by atoms with Gasteiger partial charge in [-0.25, -0.2) is 0 Å². The summed E-state index contributed by atoms with van der Waals surface area (Å²) in [5.41, 5.74) is -0.377. The first-order chi connectivity index (χ1) is 8.12. The van der Waals surface area contributed by atoms with Gasteiger partial charge in [0.25, 0.3) is 0 Å². The number of aliphatic hydroxyl groups is 4. The lowest BCUT2D eigenvalue weighted by Crippen LogP contribution is -2.52. The SMILES string of the molecule is OCC1CCC(CO)C2(CC(O)CCC2O)C1. The molecular weight excluding hydrogens is 220 g/mol. The zero-order valence-electron chi connectivity index (χ0n) is 10.3. The molecule has 0 aromatic rings. The van der Waals surface area contributed by atoms with Gasteiger partial charge in [-0.1, -0.05) is 0 Å². The lowest BCUT2D eigenvalue weighted by Gasteiger charge is -2.52. The van der Waals surface area contributed by atoms with Crippen molar-refractivity contribution >= 4 is 0 Å². The van der Waals surface area contributed by atoms with Crippen molar-refractivity contribution in [3.63, 3.8) is 0 Å². The van der Waals surface area contributed by atoms with Crippen LogP contribution in [0, 0.1) is 17.3 Å². The molecule has 4 nitrogen and oxygen atoms in total. The van der Waals surface area contributed by atoms with Crippen LogP contribution in [0.3, 0.4) is 0 Å². The van der Waals surface area contributed by atoms with Crippen LogP contribution in [0.15, 0.2) is 0 Å². The maximum atomic E-state index is 10.3. The van der Waals surface area contributed by atoms with Crippen molar-refractivity contribution in [3.05, 3.63) is 0 Å². The molecule has 0 aliphatic heterocycles. The summed E-state index contributed by atoms with van der Waals surface area (Å²) in [7, 11) is 0. The van der Waals surface area contributed by atoms with Crippen molar-refractivity contribution in [2.45, 2.75) is 50.7 Å². The van der Waals surface area contributed by atoms with Gasteiger partial charge in [-0.15, -0.1) is 0 Å². The molecular formula is C13H24O4. The molecule has 0 aromatic heterocycles. The van der Waals surface area contributed by atoms with Crippen molar-refractivity contribution in [1.82, 2.24) is 0 Å². The van der Waals surface area contributed by atoms with Crippen LogP contribution in [0.2, 0.25) is 0 Å². The zero-order chi connectivity index (χ0) is 12.5. The van der Waals surface area contributed by atoms with Crippen LogP contribution in [0.4, 0.5) is 0 Å². The van der Waals surface area contributed by atoms with E-state index in [1.54, 1.807) is 0 Å². The Morgan fingerprint density at radius 1 is 0.882 bits per heavy atom. The van der Waals surface area contributed by atoms with E-state index in [9.17, 15) is 20.4 Å². The van der Waals surface area contributed by atoms with Crippen molar-refractivity contribution in [2.24, 2.45) is 17.3 Å². The van der Waals surface area contributed by atoms with E-state index in [4.69, 9.17) is 0 Å². The molecule has 0 aromatic carbocycles. The Kier molecular flexibility index (Phi) is 4.08. The van der Waals surface area contributed by atoms with E-state index in [0.29, 0.717) is 19.3 Å². The smallest absolute Gasteiger partial charge is 0.0602 e. The highest BCUT2D eigenvalue weighted by Crippen LogP contribution is 2.52. The third-order valence-corrected chi connectivity index (χ3v) is 4.94. The number of aliphatic hydroxyl groups excluding tert-OH is 4. The molecule has 5 atom stereocenters. The summed E-state index contributed by atoms with van der Waals surface area (Å²) < 4.78 is 0. The summed E-state index contributed by atoms with van der Waals surface area (Å²) in [6, 6.07) is 0. The molecule has 2 aliphatic rings. The number of hydrogen-bond acceptors (Lipinski definition) is 4. The van der Waals surface area contributed by atoms with E-state index >= 15 is 0 Å². The molecule has 0 heterocycles. The molecule has 4 N–H and O–H groups in total. The fourth-order valence-corrected chi connectivity index (χ4v) is 3.93. The third-order valence-electron chi connectivity index (χ3n) is 4.94. The van der Waals surface area contributed by atoms with Crippen molar-refractivity contribution in [3.8, 4) is 0 Å². The molecule has 2 saturated carbocycles. The van der Waals surface area contributed by atoms with Crippen molar-refractivity contribution in [2.75, 3.05) is 13.2 Å². The predicted molar refractivity (Wildman–Crippen MR) is 63.3 cm³/mol. The lowest BCUT2D eigenvalue weighted by atomic mass is 9.55. The van der Waals surface area contributed by atoms with E-state index in [1.807, 2.05) is 0 Å². The first-order valence-corrected chi connectivity index (χ1v) is 6.70. The molecule has 4 heteroatoms. The fourth-order valence-electron chi connectivity index (χ4n) is 3.93. The van der Waals surface area contributed by atoms with Gasteiger partial charge in [-0.05, 0) is 50.4 Å². The van der Waals surface area contributed by atoms with Gasteiger partial charge in [0.05, 0.1) is 12.2 Å². The van der Waals surface area contributed by atoms with Gasteiger partial charge >= 0.3 is 0 Å². The van der Waals surface area contributed by atoms with Gasteiger partial charge in [0.1, 0.15) is 0 Å². The van der Waals surface area contributed by atoms with Gasteiger partial charge in [0, 0.05) is 18.6 Å². The van der Waals surface area contributed by atoms with Gasteiger partial charge in [0.15, 0.2) is 0 Å². The minimum absolute atomic E-state index is 0.0650. The van der Waals surface area contributed by atoms with Gasteiger partial charge in [0.2, 0.25) is 0 Å². The highest BCUT2D eigenvalue weighted by atomic mass is 16.3. The van der Waals surface area contributed by atoms with Crippen LogP contribution in [-0.4, -0.2) is 45.8 Å². The largest absolute Gasteiger partial charge is 0.396 e. The first kappa shape index (κ1) is 13.3. The van der Waals surface area contributed by atoms with E-state index in [0.717, 1.165) is 19.3 Å². The van der Waals surface area contributed by atoms with Gasteiger partial charge in [-0.2, -0.15) is 0 Å². The van der Waals surface area contributed by atoms with Crippen LogP contribution in [0.25, 0.3) is 0 Å². The van der Waals surface area contributed by atoms with Crippen LogP contribution in [0.1, 0.15) is 38.5 Å². The molecule has 0 bridgehead atoms. The molecule has 5 unspecified atom stereocenters. The van der Waals surface area contributed by atoms with Crippen molar-refractivity contribution < 1.29 is 20.4 Å².